The molecule has 1 N–H and O–H groups in total. The van der Waals surface area contributed by atoms with Gasteiger partial charge in [-0.25, -0.2) is 9.78 Å². The van der Waals surface area contributed by atoms with Crippen molar-refractivity contribution in [2.24, 2.45) is 0 Å². The van der Waals surface area contributed by atoms with E-state index in [-0.39, 0.29) is 22.5 Å². The van der Waals surface area contributed by atoms with Gasteiger partial charge in [0.1, 0.15) is 6.04 Å². The monoisotopic (exact) mass is 318 g/mol. The lowest BCUT2D eigenvalue weighted by Crippen LogP contribution is -2.22. The molecule has 0 saturated carbocycles. The summed E-state index contributed by atoms with van der Waals surface area (Å²) in [5, 5.41) is 9.06. The summed E-state index contributed by atoms with van der Waals surface area (Å²) in [6, 6.07) is 1.10. The van der Waals surface area contributed by atoms with E-state index in [0.717, 1.165) is 6.92 Å². The molecule has 1 atom stereocenters. The van der Waals surface area contributed by atoms with E-state index in [1.54, 1.807) is 0 Å². The van der Waals surface area contributed by atoms with E-state index in [2.05, 4.69) is 4.98 Å². The summed E-state index contributed by atoms with van der Waals surface area (Å²) >= 11 is 0. The third-order valence-corrected chi connectivity index (χ3v) is 3.19. The maximum Gasteiger partial charge on any atom is 0.449 e. The van der Waals surface area contributed by atoms with E-state index in [1.165, 1.54) is 26.4 Å². The molecular formula is C13H13F3N2O4. The number of ether oxygens (including phenoxy) is 2. The number of hydrogen-bond donors (Lipinski definition) is 1. The Morgan fingerprint density at radius 3 is 2.27 bits per heavy atom. The number of benzene rings is 1. The van der Waals surface area contributed by atoms with Crippen molar-refractivity contribution in [1.29, 1.82) is 0 Å². The molecule has 22 heavy (non-hydrogen) atoms. The number of hydrogen-bond acceptors (Lipinski definition) is 4. The van der Waals surface area contributed by atoms with Crippen LogP contribution in [0.4, 0.5) is 13.2 Å². The zero-order chi connectivity index (χ0) is 16.7. The molecule has 2 rings (SSSR count). The summed E-state index contributed by atoms with van der Waals surface area (Å²) in [4.78, 5) is 14.6. The Morgan fingerprint density at radius 2 is 1.82 bits per heavy atom. The van der Waals surface area contributed by atoms with Gasteiger partial charge < -0.3 is 19.1 Å². The van der Waals surface area contributed by atoms with Gasteiger partial charge in [0, 0.05) is 12.1 Å². The standard InChI is InChI=1S/C13H13F3N2O4/c1-6(11(19)20)18-8-5-10(22-3)9(21-2)4-7(8)17-12(18)13(14,15)16/h4-6H,1-3H3,(H,19,20). The van der Waals surface area contributed by atoms with Crippen LogP contribution in [0.3, 0.4) is 0 Å². The summed E-state index contributed by atoms with van der Waals surface area (Å²) in [5.41, 5.74) is -0.0297. The molecule has 1 aromatic heterocycles. The van der Waals surface area contributed by atoms with Gasteiger partial charge in [0.25, 0.3) is 0 Å². The number of carbonyl (C=O) groups is 1. The number of nitrogens with zero attached hydrogens (tertiary/aromatic N) is 2. The molecular weight excluding hydrogens is 305 g/mol. The van der Waals surface area contributed by atoms with Crippen molar-refractivity contribution in [3.63, 3.8) is 0 Å². The highest BCUT2D eigenvalue weighted by atomic mass is 19.4. The summed E-state index contributed by atoms with van der Waals surface area (Å²) in [6.45, 7) is 1.15. The lowest BCUT2D eigenvalue weighted by atomic mass is 10.2. The van der Waals surface area contributed by atoms with Crippen molar-refractivity contribution in [1.82, 2.24) is 9.55 Å². The molecule has 1 aromatic carbocycles. The van der Waals surface area contributed by atoms with E-state index < -0.39 is 24.0 Å². The number of methoxy groups -OCH3 is 2. The van der Waals surface area contributed by atoms with E-state index in [1.807, 2.05) is 0 Å². The number of alkyl halides is 3. The van der Waals surface area contributed by atoms with Crippen LogP contribution in [0.25, 0.3) is 11.0 Å². The number of carboxylic acids is 1. The topological polar surface area (TPSA) is 73.6 Å². The Bertz CT molecular complexity index is 724. The zero-order valence-corrected chi connectivity index (χ0v) is 11.9. The molecule has 0 bridgehead atoms. The van der Waals surface area contributed by atoms with Crippen LogP contribution in [0.2, 0.25) is 0 Å². The van der Waals surface area contributed by atoms with E-state index >= 15 is 0 Å². The van der Waals surface area contributed by atoms with Crippen LogP contribution in [0, 0.1) is 0 Å². The maximum absolute atomic E-state index is 13.1. The van der Waals surface area contributed by atoms with Gasteiger partial charge in [-0.2, -0.15) is 13.2 Å². The Kier molecular flexibility index (Phi) is 3.90. The van der Waals surface area contributed by atoms with Crippen molar-refractivity contribution >= 4 is 17.0 Å². The fraction of sp³-hybridized carbons (Fsp3) is 0.385. The summed E-state index contributed by atoms with van der Waals surface area (Å²) in [5.74, 6) is -2.30. The lowest BCUT2D eigenvalue weighted by molar-refractivity contribution is -0.150. The highest BCUT2D eigenvalue weighted by Crippen LogP contribution is 2.38. The van der Waals surface area contributed by atoms with Crippen molar-refractivity contribution < 1.29 is 32.5 Å². The van der Waals surface area contributed by atoms with Crippen molar-refractivity contribution in [3.8, 4) is 11.5 Å². The maximum atomic E-state index is 13.1. The number of rotatable bonds is 4. The number of imidazole rings is 1. The predicted octanol–water partition coefficient (Wildman–Crippen LogP) is 2.72. The first kappa shape index (κ1) is 15.9. The molecule has 0 aliphatic carbocycles. The van der Waals surface area contributed by atoms with Crippen LogP contribution in [-0.2, 0) is 11.0 Å². The van der Waals surface area contributed by atoms with Crippen molar-refractivity contribution in [2.75, 3.05) is 14.2 Å². The van der Waals surface area contributed by atoms with Gasteiger partial charge in [-0.15, -0.1) is 0 Å². The van der Waals surface area contributed by atoms with Crippen molar-refractivity contribution in [3.05, 3.63) is 18.0 Å². The Labute approximate surface area is 123 Å². The van der Waals surface area contributed by atoms with Gasteiger partial charge in [-0.1, -0.05) is 0 Å². The average molecular weight is 318 g/mol. The molecule has 0 spiro atoms. The number of halogens is 3. The fourth-order valence-corrected chi connectivity index (χ4v) is 2.12. The minimum absolute atomic E-state index is 0.000116. The van der Waals surface area contributed by atoms with Gasteiger partial charge in [-0.3, -0.25) is 0 Å². The average Bonchev–Trinajstić information content (AvgIpc) is 2.82. The molecule has 0 amide bonds. The summed E-state index contributed by atoms with van der Waals surface area (Å²) < 4.78 is 50.1. The highest BCUT2D eigenvalue weighted by molar-refractivity contribution is 5.83. The number of aliphatic carboxylic acids is 1. The first-order valence-electron chi connectivity index (χ1n) is 6.14. The van der Waals surface area contributed by atoms with Crippen LogP contribution in [-0.4, -0.2) is 34.8 Å². The second-order valence-electron chi connectivity index (χ2n) is 4.51. The quantitative estimate of drug-likeness (QED) is 0.938. The molecule has 0 aliphatic heterocycles. The first-order valence-corrected chi connectivity index (χ1v) is 6.14. The minimum Gasteiger partial charge on any atom is -0.493 e. The summed E-state index contributed by atoms with van der Waals surface area (Å²) in [7, 11) is 2.67. The molecule has 0 saturated heterocycles. The van der Waals surface area contributed by atoms with Crippen molar-refractivity contribution in [2.45, 2.75) is 19.1 Å². The van der Waals surface area contributed by atoms with Crippen LogP contribution in [0.1, 0.15) is 18.8 Å². The molecule has 0 radical (unpaired) electrons. The fourth-order valence-electron chi connectivity index (χ4n) is 2.12. The third-order valence-electron chi connectivity index (χ3n) is 3.19. The smallest absolute Gasteiger partial charge is 0.449 e. The van der Waals surface area contributed by atoms with Crippen LogP contribution in [0.15, 0.2) is 12.1 Å². The number of aromatic nitrogens is 2. The van der Waals surface area contributed by atoms with Gasteiger partial charge in [0.15, 0.2) is 11.5 Å². The van der Waals surface area contributed by atoms with Gasteiger partial charge in [0.2, 0.25) is 5.82 Å². The molecule has 2 aromatic rings. The third kappa shape index (κ3) is 2.53. The highest BCUT2D eigenvalue weighted by Gasteiger charge is 2.40. The van der Waals surface area contributed by atoms with Crippen LogP contribution >= 0.6 is 0 Å². The Morgan fingerprint density at radius 1 is 1.27 bits per heavy atom. The lowest BCUT2D eigenvalue weighted by Gasteiger charge is -2.15. The second kappa shape index (κ2) is 5.39. The van der Waals surface area contributed by atoms with Crippen LogP contribution < -0.4 is 9.47 Å². The molecule has 120 valence electrons. The van der Waals surface area contributed by atoms with E-state index in [4.69, 9.17) is 14.6 Å². The first-order chi connectivity index (χ1) is 10.2. The minimum atomic E-state index is -4.79. The summed E-state index contributed by atoms with van der Waals surface area (Å²) in [6.07, 6.45) is -4.79. The Balaban J connectivity index is 2.84. The van der Waals surface area contributed by atoms with E-state index in [0.29, 0.717) is 4.57 Å². The van der Waals surface area contributed by atoms with Gasteiger partial charge in [-0.05, 0) is 6.92 Å². The molecule has 6 nitrogen and oxygen atoms in total. The Hall–Kier alpha value is -2.45. The molecule has 1 heterocycles. The number of carboxylic acid groups (broad SMARTS) is 1. The largest absolute Gasteiger partial charge is 0.493 e. The molecule has 1 unspecified atom stereocenters. The molecule has 9 heteroatoms. The SMILES string of the molecule is COc1cc2nc(C(F)(F)F)n(C(C)C(=O)O)c2cc1OC. The molecule has 0 aliphatic rings. The molecule has 0 fully saturated rings. The normalized spacial score (nSPS) is 13.2. The van der Waals surface area contributed by atoms with Gasteiger partial charge >= 0.3 is 12.1 Å². The second-order valence-corrected chi connectivity index (χ2v) is 4.51. The van der Waals surface area contributed by atoms with Gasteiger partial charge in [0.05, 0.1) is 25.3 Å². The zero-order valence-electron chi connectivity index (χ0n) is 11.9. The number of fused-ring (bicyclic) bond motifs is 1. The van der Waals surface area contributed by atoms with Crippen LogP contribution in [0.5, 0.6) is 11.5 Å². The predicted molar refractivity (Wildman–Crippen MR) is 70.2 cm³/mol. The van der Waals surface area contributed by atoms with E-state index in [9.17, 15) is 18.0 Å².